The number of benzene rings is 1. The smallest absolute Gasteiger partial charge is 0.331 e. The van der Waals surface area contributed by atoms with E-state index in [1.54, 1.807) is 26.0 Å². The summed E-state index contributed by atoms with van der Waals surface area (Å²) in [5.74, 6) is -0.420. The first-order chi connectivity index (χ1) is 19.3. The van der Waals surface area contributed by atoms with E-state index in [-0.39, 0.29) is 41.2 Å². The lowest BCUT2D eigenvalue weighted by molar-refractivity contribution is -0.149. The lowest BCUT2D eigenvalue weighted by atomic mass is 9.86. The normalized spacial score (nSPS) is 19.4. The van der Waals surface area contributed by atoms with Crippen molar-refractivity contribution >= 4 is 34.0 Å². The van der Waals surface area contributed by atoms with Gasteiger partial charge in [-0.25, -0.2) is 22.3 Å². The Hall–Kier alpha value is -3.41. The van der Waals surface area contributed by atoms with Crippen LogP contribution in [0.25, 0.3) is 0 Å². The second-order valence-corrected chi connectivity index (χ2v) is 13.0. The van der Waals surface area contributed by atoms with Crippen LogP contribution in [0.5, 0.6) is 0 Å². The quantitative estimate of drug-likeness (QED) is 0.397. The number of ether oxygens (including phenoxy) is 1. The van der Waals surface area contributed by atoms with Gasteiger partial charge in [0, 0.05) is 25.2 Å². The average molecular weight is 591 g/mol. The van der Waals surface area contributed by atoms with Gasteiger partial charge in [0.1, 0.15) is 0 Å². The maximum atomic E-state index is 13.1. The van der Waals surface area contributed by atoms with E-state index in [1.165, 1.54) is 24.1 Å². The molecule has 1 aliphatic carbocycles. The van der Waals surface area contributed by atoms with Crippen molar-refractivity contribution in [3.8, 4) is 0 Å². The van der Waals surface area contributed by atoms with Crippen molar-refractivity contribution in [3.63, 3.8) is 0 Å². The van der Waals surface area contributed by atoms with Gasteiger partial charge in [0.05, 0.1) is 24.0 Å². The Morgan fingerprint density at radius 1 is 1.10 bits per heavy atom. The molecular weight excluding hydrogens is 548 g/mol. The molecule has 3 rings (SSSR count). The second-order valence-electron chi connectivity index (χ2n) is 11.1. The van der Waals surface area contributed by atoms with Crippen LogP contribution in [-0.2, 0) is 30.8 Å². The Balaban J connectivity index is 1.45. The van der Waals surface area contributed by atoms with E-state index in [0.29, 0.717) is 48.7 Å². The number of amides is 5. The first-order valence-corrected chi connectivity index (χ1v) is 15.6. The number of esters is 1. The second kappa shape index (κ2) is 14.0. The lowest BCUT2D eigenvalue weighted by Gasteiger charge is -2.30. The number of nitrogens with zero attached hydrogens (tertiary/aromatic N) is 2. The topological polar surface area (TPSA) is 142 Å². The van der Waals surface area contributed by atoms with Crippen molar-refractivity contribution < 1.29 is 32.3 Å². The van der Waals surface area contributed by atoms with Crippen molar-refractivity contribution in [1.82, 2.24) is 19.8 Å². The van der Waals surface area contributed by atoms with E-state index in [4.69, 9.17) is 4.74 Å². The van der Waals surface area contributed by atoms with Gasteiger partial charge in [0.15, 0.2) is 0 Å². The maximum absolute atomic E-state index is 13.1. The van der Waals surface area contributed by atoms with E-state index in [9.17, 15) is 27.6 Å². The summed E-state index contributed by atoms with van der Waals surface area (Å²) >= 11 is 0. The number of nitrogens with one attached hydrogen (secondary N) is 2. The van der Waals surface area contributed by atoms with Crippen LogP contribution in [0.2, 0.25) is 0 Å². The van der Waals surface area contributed by atoms with Crippen molar-refractivity contribution in [1.29, 1.82) is 0 Å². The van der Waals surface area contributed by atoms with Crippen LogP contribution >= 0.6 is 0 Å². The summed E-state index contributed by atoms with van der Waals surface area (Å²) in [6, 6.07) is 4.85. The summed E-state index contributed by atoms with van der Waals surface area (Å²) in [6.07, 6.45) is 3.93. The number of urea groups is 2. The lowest BCUT2D eigenvalue weighted by Crippen LogP contribution is -2.46. The van der Waals surface area contributed by atoms with E-state index in [1.807, 2.05) is 13.8 Å². The zero-order chi connectivity index (χ0) is 30.3. The molecule has 1 aromatic rings. The molecule has 2 aliphatic rings. The summed E-state index contributed by atoms with van der Waals surface area (Å²) in [5.41, 5.74) is 2.37. The van der Waals surface area contributed by atoms with Gasteiger partial charge in [0.2, 0.25) is 0 Å². The molecule has 1 heterocycles. The maximum Gasteiger partial charge on any atom is 0.331 e. The minimum atomic E-state index is -4.06. The van der Waals surface area contributed by atoms with Crippen molar-refractivity contribution in [2.24, 2.45) is 11.8 Å². The molecule has 0 radical (unpaired) electrons. The molecule has 0 saturated heterocycles. The summed E-state index contributed by atoms with van der Waals surface area (Å²) in [5, 5.41) is 5.55. The number of imide groups is 1. The molecule has 2 N–H and O–H groups in total. The average Bonchev–Trinajstić information content (AvgIpc) is 3.24. The van der Waals surface area contributed by atoms with Crippen LogP contribution in [0.4, 0.5) is 9.59 Å². The number of hydrogen-bond donors (Lipinski definition) is 2. The monoisotopic (exact) mass is 590 g/mol. The summed E-state index contributed by atoms with van der Waals surface area (Å²) in [7, 11) is -2.83. The molecule has 5 amide bonds. The van der Waals surface area contributed by atoms with Crippen LogP contribution in [-0.4, -0.2) is 74.3 Å². The molecule has 1 saturated carbocycles. The molecule has 0 unspecified atom stereocenters. The molecule has 0 atom stereocenters. The molecular formula is C29H42N4O7S. The minimum Gasteiger partial charge on any atom is -0.465 e. The molecule has 41 heavy (non-hydrogen) atoms. The standard InChI is InChI=1S/C29H42N4O7S/c1-6-25-20(4)17-33(26(25)34)28(36)30-16-15-21-9-13-24(14-10-21)41(38,39)32(5)29(37)31-23-11-7-22(8-12-23)18-40-27(35)19(2)3/h9-10,13-14,19,22-23H,6-8,11-12,15-18H2,1-5H3,(H,30,36)(H,31,37). The Morgan fingerprint density at radius 2 is 1.73 bits per heavy atom. The highest BCUT2D eigenvalue weighted by molar-refractivity contribution is 7.89. The third kappa shape index (κ3) is 8.08. The fourth-order valence-corrected chi connectivity index (χ4v) is 6.04. The highest BCUT2D eigenvalue weighted by Crippen LogP contribution is 2.26. The molecule has 226 valence electrons. The van der Waals surface area contributed by atoms with Gasteiger partial charge in [-0.3, -0.25) is 14.5 Å². The minimum absolute atomic E-state index is 0.0186. The van der Waals surface area contributed by atoms with Gasteiger partial charge < -0.3 is 15.4 Å². The fourth-order valence-electron chi connectivity index (χ4n) is 4.98. The van der Waals surface area contributed by atoms with Crippen LogP contribution in [0.1, 0.15) is 65.4 Å². The SMILES string of the molecule is CCC1=C(C)CN(C(=O)NCCc2ccc(S(=O)(=O)N(C)C(=O)NC3CCC(COC(=O)C(C)C)CC3)cc2)C1=O. The first-order valence-electron chi connectivity index (χ1n) is 14.2. The van der Waals surface area contributed by atoms with Gasteiger partial charge in [-0.2, -0.15) is 0 Å². The predicted octanol–water partition coefficient (Wildman–Crippen LogP) is 3.60. The van der Waals surface area contributed by atoms with Gasteiger partial charge >= 0.3 is 18.0 Å². The van der Waals surface area contributed by atoms with Gasteiger partial charge in [-0.1, -0.05) is 32.9 Å². The Bertz CT molecular complexity index is 1270. The van der Waals surface area contributed by atoms with E-state index < -0.39 is 22.1 Å². The van der Waals surface area contributed by atoms with E-state index in [2.05, 4.69) is 10.6 Å². The van der Waals surface area contributed by atoms with Crippen molar-refractivity contribution in [2.75, 3.05) is 26.7 Å². The van der Waals surface area contributed by atoms with Crippen molar-refractivity contribution in [2.45, 2.75) is 77.2 Å². The third-order valence-electron chi connectivity index (χ3n) is 7.68. The molecule has 12 heteroatoms. The van der Waals surface area contributed by atoms with Crippen molar-refractivity contribution in [3.05, 3.63) is 41.0 Å². The zero-order valence-electron chi connectivity index (χ0n) is 24.6. The summed E-state index contributed by atoms with van der Waals surface area (Å²) in [6.45, 7) is 8.24. The third-order valence-corrected chi connectivity index (χ3v) is 9.43. The number of carbonyl (C=O) groups excluding carboxylic acids is 4. The number of rotatable bonds is 10. The largest absolute Gasteiger partial charge is 0.465 e. The predicted molar refractivity (Wildman–Crippen MR) is 153 cm³/mol. The highest BCUT2D eigenvalue weighted by atomic mass is 32.2. The summed E-state index contributed by atoms with van der Waals surface area (Å²) in [4.78, 5) is 50.4. The van der Waals surface area contributed by atoms with Crippen LogP contribution in [0.15, 0.2) is 40.3 Å². The highest BCUT2D eigenvalue weighted by Gasteiger charge is 2.32. The number of hydrogen-bond acceptors (Lipinski definition) is 7. The molecule has 1 fully saturated rings. The fraction of sp³-hybridized carbons (Fsp3) is 0.586. The molecule has 1 aromatic carbocycles. The molecule has 1 aliphatic heterocycles. The van der Waals surface area contributed by atoms with Gasteiger partial charge in [-0.15, -0.1) is 0 Å². The number of carbonyl (C=O) groups is 4. The van der Waals surface area contributed by atoms with Gasteiger partial charge in [-0.05, 0) is 74.6 Å². The molecule has 11 nitrogen and oxygen atoms in total. The molecule has 0 aromatic heterocycles. The molecule has 0 bridgehead atoms. The summed E-state index contributed by atoms with van der Waals surface area (Å²) < 4.78 is 32.2. The van der Waals surface area contributed by atoms with E-state index in [0.717, 1.165) is 24.0 Å². The van der Waals surface area contributed by atoms with Crippen LogP contribution < -0.4 is 10.6 Å². The zero-order valence-corrected chi connectivity index (χ0v) is 25.4. The molecule has 0 spiro atoms. The number of sulfonamides is 1. The van der Waals surface area contributed by atoms with E-state index >= 15 is 0 Å². The Morgan fingerprint density at radius 3 is 2.29 bits per heavy atom. The van der Waals surface area contributed by atoms with Gasteiger partial charge in [0.25, 0.3) is 15.9 Å². The first kappa shape index (κ1) is 32.1. The Labute approximate surface area is 242 Å². The van der Waals surface area contributed by atoms with Crippen LogP contribution in [0.3, 0.4) is 0 Å². The van der Waals surface area contributed by atoms with Crippen LogP contribution in [0, 0.1) is 11.8 Å². The Kier molecular flexibility index (Phi) is 10.9.